The second kappa shape index (κ2) is 9.00. The first-order valence-corrected chi connectivity index (χ1v) is 9.65. The number of hydrogen-bond donors (Lipinski definition) is 3. The Morgan fingerprint density at radius 1 is 1.19 bits per heavy atom. The molecule has 4 N–H and O–H groups in total. The van der Waals surface area contributed by atoms with Gasteiger partial charge in [0.05, 0.1) is 18.1 Å². The Hall–Kier alpha value is -2.13. The molecule has 1 atom stereocenters. The van der Waals surface area contributed by atoms with Gasteiger partial charge in [0.1, 0.15) is 6.61 Å². The zero-order valence-corrected chi connectivity index (χ0v) is 15.6. The number of sulfonamides is 1. The topological polar surface area (TPSA) is 111 Å². The molecule has 0 heterocycles. The van der Waals surface area contributed by atoms with Crippen LogP contribution in [0.3, 0.4) is 0 Å². The van der Waals surface area contributed by atoms with Crippen LogP contribution in [0, 0.1) is 6.92 Å². The molecule has 0 radical (unpaired) electrons. The highest BCUT2D eigenvalue weighted by Crippen LogP contribution is 2.25. The molecule has 0 amide bonds. The molecule has 0 aliphatic carbocycles. The number of methoxy groups -OCH3 is 1. The van der Waals surface area contributed by atoms with Gasteiger partial charge in [-0.2, -0.15) is 0 Å². The van der Waals surface area contributed by atoms with Crippen LogP contribution in [-0.2, 0) is 10.0 Å². The largest absolute Gasteiger partial charge is 0.493 e. The average Bonchev–Trinajstić information content (AvgIpc) is 2.60. The van der Waals surface area contributed by atoms with Crippen LogP contribution in [0.4, 0.5) is 0 Å². The fourth-order valence-electron chi connectivity index (χ4n) is 2.46. The first-order chi connectivity index (χ1) is 12.3. The maximum Gasteiger partial charge on any atom is 0.238 e. The molecule has 0 aliphatic heterocycles. The van der Waals surface area contributed by atoms with Crippen LogP contribution in [0.1, 0.15) is 17.2 Å². The van der Waals surface area contributed by atoms with Gasteiger partial charge in [-0.25, -0.2) is 13.6 Å². The van der Waals surface area contributed by atoms with Gasteiger partial charge in [-0.15, -0.1) is 0 Å². The van der Waals surface area contributed by atoms with E-state index in [0.29, 0.717) is 35.8 Å². The maximum atomic E-state index is 11.5. The number of rotatable bonds is 9. The Bertz CT molecular complexity index is 839. The van der Waals surface area contributed by atoms with Gasteiger partial charge in [-0.3, -0.25) is 0 Å². The second-order valence-corrected chi connectivity index (χ2v) is 7.41. The lowest BCUT2D eigenvalue weighted by Gasteiger charge is -2.15. The Morgan fingerprint density at radius 3 is 2.54 bits per heavy atom. The van der Waals surface area contributed by atoms with E-state index >= 15 is 0 Å². The van der Waals surface area contributed by atoms with Gasteiger partial charge in [0, 0.05) is 13.1 Å². The molecular formula is C18H24N2O5S. The predicted molar refractivity (Wildman–Crippen MR) is 98.9 cm³/mol. The summed E-state index contributed by atoms with van der Waals surface area (Å²) in [6, 6.07) is 11.9. The molecule has 0 spiro atoms. The fourth-order valence-corrected chi connectivity index (χ4v) is 3.11. The number of aliphatic hydroxyl groups is 1. The molecule has 2 aromatic rings. The van der Waals surface area contributed by atoms with Crippen molar-refractivity contribution in [2.24, 2.45) is 5.14 Å². The highest BCUT2D eigenvalue weighted by molar-refractivity contribution is 7.89. The summed E-state index contributed by atoms with van der Waals surface area (Å²) in [6.45, 7) is 2.90. The number of benzene rings is 2. The van der Waals surface area contributed by atoms with Crippen molar-refractivity contribution in [1.82, 2.24) is 5.32 Å². The molecule has 8 heteroatoms. The van der Waals surface area contributed by atoms with Gasteiger partial charge in [0.2, 0.25) is 10.0 Å². The SMILES string of the molecule is COc1ccccc1OCCNCC(O)c1cc(C)cc(S(N)(=O)=O)c1. The van der Waals surface area contributed by atoms with Crippen LogP contribution in [-0.4, -0.2) is 40.3 Å². The third-order valence-corrected chi connectivity index (χ3v) is 4.62. The van der Waals surface area contributed by atoms with Crippen LogP contribution < -0.4 is 19.9 Å². The van der Waals surface area contributed by atoms with E-state index in [0.717, 1.165) is 0 Å². The number of para-hydroxylation sites is 2. The minimum Gasteiger partial charge on any atom is -0.493 e. The molecule has 26 heavy (non-hydrogen) atoms. The highest BCUT2D eigenvalue weighted by atomic mass is 32.2. The Morgan fingerprint density at radius 2 is 1.88 bits per heavy atom. The third-order valence-electron chi connectivity index (χ3n) is 3.73. The van der Waals surface area contributed by atoms with Gasteiger partial charge < -0.3 is 19.9 Å². The van der Waals surface area contributed by atoms with E-state index in [9.17, 15) is 13.5 Å². The van der Waals surface area contributed by atoms with Crippen molar-refractivity contribution in [3.63, 3.8) is 0 Å². The van der Waals surface area contributed by atoms with E-state index in [2.05, 4.69) is 5.32 Å². The lowest BCUT2D eigenvalue weighted by atomic mass is 10.1. The van der Waals surface area contributed by atoms with E-state index in [4.69, 9.17) is 14.6 Å². The normalized spacial score (nSPS) is 12.6. The van der Waals surface area contributed by atoms with E-state index in [1.165, 1.54) is 12.1 Å². The summed E-state index contributed by atoms with van der Waals surface area (Å²) in [5.41, 5.74) is 1.21. The first kappa shape index (κ1) is 20.2. The molecule has 1 unspecified atom stereocenters. The lowest BCUT2D eigenvalue weighted by molar-refractivity contribution is 0.171. The van der Waals surface area contributed by atoms with Crippen LogP contribution in [0.15, 0.2) is 47.4 Å². The summed E-state index contributed by atoms with van der Waals surface area (Å²) in [5, 5.41) is 18.5. The van der Waals surface area contributed by atoms with Crippen molar-refractivity contribution in [1.29, 1.82) is 0 Å². The summed E-state index contributed by atoms with van der Waals surface area (Å²) >= 11 is 0. The molecule has 0 bridgehead atoms. The van der Waals surface area contributed by atoms with Gasteiger partial charge >= 0.3 is 0 Å². The third kappa shape index (κ3) is 5.70. The Kier molecular flexibility index (Phi) is 6.98. The van der Waals surface area contributed by atoms with Gasteiger partial charge in [0.15, 0.2) is 11.5 Å². The van der Waals surface area contributed by atoms with Gasteiger partial charge in [0.25, 0.3) is 0 Å². The van der Waals surface area contributed by atoms with Crippen LogP contribution >= 0.6 is 0 Å². The minimum atomic E-state index is -3.81. The van der Waals surface area contributed by atoms with Crippen LogP contribution in [0.25, 0.3) is 0 Å². The maximum absolute atomic E-state index is 11.5. The predicted octanol–water partition coefficient (Wildman–Crippen LogP) is 1.35. The number of hydrogen-bond acceptors (Lipinski definition) is 6. The summed E-state index contributed by atoms with van der Waals surface area (Å²) in [5.74, 6) is 1.30. The zero-order valence-electron chi connectivity index (χ0n) is 14.8. The smallest absolute Gasteiger partial charge is 0.238 e. The summed E-state index contributed by atoms with van der Waals surface area (Å²) in [4.78, 5) is -0.00828. The molecule has 7 nitrogen and oxygen atoms in total. The van der Waals surface area contributed by atoms with Crippen LogP contribution in [0.2, 0.25) is 0 Å². The Labute approximate surface area is 153 Å². The van der Waals surface area contributed by atoms with Crippen molar-refractivity contribution >= 4 is 10.0 Å². The van der Waals surface area contributed by atoms with Crippen molar-refractivity contribution in [2.45, 2.75) is 17.9 Å². The molecule has 2 rings (SSSR count). The molecule has 0 saturated carbocycles. The minimum absolute atomic E-state index is 0.00828. The fraction of sp³-hybridized carbons (Fsp3) is 0.333. The van der Waals surface area contributed by atoms with Crippen molar-refractivity contribution in [3.8, 4) is 11.5 Å². The molecule has 0 saturated heterocycles. The van der Waals surface area contributed by atoms with E-state index in [-0.39, 0.29) is 11.4 Å². The number of primary sulfonamides is 1. The molecule has 0 aromatic heterocycles. The average molecular weight is 380 g/mol. The summed E-state index contributed by atoms with van der Waals surface area (Å²) < 4.78 is 33.8. The number of aryl methyl sites for hydroxylation is 1. The van der Waals surface area contributed by atoms with Crippen molar-refractivity contribution < 1.29 is 23.0 Å². The highest BCUT2D eigenvalue weighted by Gasteiger charge is 2.14. The second-order valence-electron chi connectivity index (χ2n) is 5.84. The first-order valence-electron chi connectivity index (χ1n) is 8.10. The van der Waals surface area contributed by atoms with E-state index < -0.39 is 16.1 Å². The Balaban J connectivity index is 1.86. The van der Waals surface area contributed by atoms with Crippen molar-refractivity contribution in [3.05, 3.63) is 53.6 Å². The molecular weight excluding hydrogens is 356 g/mol. The summed E-state index contributed by atoms with van der Waals surface area (Å²) in [7, 11) is -2.23. The standard InChI is InChI=1S/C18H24N2O5S/c1-13-9-14(11-15(10-13)26(19,22)23)16(21)12-20-7-8-25-18-6-4-3-5-17(18)24-2/h3-6,9-11,16,20-21H,7-8,12H2,1-2H3,(H2,19,22,23). The zero-order chi connectivity index (χ0) is 19.2. The van der Waals surface area contributed by atoms with E-state index in [1.54, 1.807) is 20.1 Å². The van der Waals surface area contributed by atoms with Gasteiger partial charge in [-0.05, 0) is 42.3 Å². The van der Waals surface area contributed by atoms with Crippen molar-refractivity contribution in [2.75, 3.05) is 26.8 Å². The van der Waals surface area contributed by atoms with E-state index in [1.807, 2.05) is 24.3 Å². The number of ether oxygens (including phenoxy) is 2. The molecule has 142 valence electrons. The molecule has 0 fully saturated rings. The molecule has 0 aliphatic rings. The van der Waals surface area contributed by atoms with Crippen LogP contribution in [0.5, 0.6) is 11.5 Å². The number of aliphatic hydroxyl groups excluding tert-OH is 1. The summed E-state index contributed by atoms with van der Waals surface area (Å²) in [6.07, 6.45) is -0.860. The van der Waals surface area contributed by atoms with Gasteiger partial charge in [-0.1, -0.05) is 18.2 Å². The molecule has 2 aromatic carbocycles. The number of nitrogens with two attached hydrogens (primary N) is 1. The lowest BCUT2D eigenvalue weighted by Crippen LogP contribution is -2.26. The quantitative estimate of drug-likeness (QED) is 0.567. The number of nitrogens with one attached hydrogen (secondary N) is 1. The monoisotopic (exact) mass is 380 g/mol.